The summed E-state index contributed by atoms with van der Waals surface area (Å²) in [5.41, 5.74) is 14.8. The molecule has 0 aliphatic heterocycles. The van der Waals surface area contributed by atoms with Crippen molar-refractivity contribution < 1.29 is 0 Å². The zero-order chi connectivity index (χ0) is 40.5. The number of fused-ring (bicyclic) bond motifs is 4. The minimum Gasteiger partial charge on any atom is -0.310 e. The molecule has 0 fully saturated rings. The van der Waals surface area contributed by atoms with Crippen molar-refractivity contribution in [2.75, 3.05) is 9.80 Å². The lowest BCUT2D eigenvalue weighted by Crippen LogP contribution is -2.10. The van der Waals surface area contributed by atoms with Gasteiger partial charge in [0.25, 0.3) is 0 Å². The van der Waals surface area contributed by atoms with Crippen molar-refractivity contribution >= 4 is 66.7 Å². The molecule has 0 amide bonds. The van der Waals surface area contributed by atoms with Crippen molar-refractivity contribution in [1.29, 1.82) is 0 Å². The zero-order valence-corrected chi connectivity index (χ0v) is 33.5. The average Bonchev–Trinajstić information content (AvgIpc) is 3.66. The topological polar surface area (TPSA) is 11.4 Å². The summed E-state index contributed by atoms with van der Waals surface area (Å²) >= 11 is 0. The van der Waals surface area contributed by atoms with Crippen LogP contribution in [-0.2, 0) is 0 Å². The molecule has 3 nitrogen and oxygen atoms in total. The molecule has 0 radical (unpaired) electrons. The van der Waals surface area contributed by atoms with Gasteiger partial charge in [0.05, 0.1) is 16.7 Å². The first-order valence-electron chi connectivity index (χ1n) is 20.8. The Hall–Kier alpha value is -8.14. The standard InChI is InChI=1S/C58H41N3/c1-5-21-47(22-6-1)59(48-23-7-2-8-24-48)51-29-17-20-44(39-51)45-33-36-57-54(40-45)55-41-46(34-37-58(55)61(57)52-35-32-42-18-13-14-19-43(42)38-52)53-30-15-16-31-56(53)60(49-25-9-3-10-26-49)50-27-11-4-12-28-50/h1-41H. The van der Waals surface area contributed by atoms with Crippen molar-refractivity contribution in [3.8, 4) is 27.9 Å². The Kier molecular flexibility index (Phi) is 9.18. The molecule has 0 saturated heterocycles. The molecule has 10 aromatic carbocycles. The zero-order valence-electron chi connectivity index (χ0n) is 33.5. The normalized spacial score (nSPS) is 11.3. The quantitative estimate of drug-likeness (QED) is 0.145. The van der Waals surface area contributed by atoms with Gasteiger partial charge < -0.3 is 14.4 Å². The number of rotatable bonds is 9. The Morgan fingerprint density at radius 1 is 0.279 bits per heavy atom. The van der Waals surface area contributed by atoms with Gasteiger partial charge in [0, 0.05) is 50.5 Å². The van der Waals surface area contributed by atoms with Gasteiger partial charge in [-0.2, -0.15) is 0 Å². The third-order valence-electron chi connectivity index (χ3n) is 11.7. The van der Waals surface area contributed by atoms with E-state index in [0.717, 1.165) is 62.1 Å². The highest BCUT2D eigenvalue weighted by molar-refractivity contribution is 6.12. The van der Waals surface area contributed by atoms with E-state index in [1.54, 1.807) is 0 Å². The minimum atomic E-state index is 1.11. The smallest absolute Gasteiger partial charge is 0.0541 e. The maximum absolute atomic E-state index is 2.43. The summed E-state index contributed by atoms with van der Waals surface area (Å²) in [7, 11) is 0. The molecular weight excluding hydrogens is 739 g/mol. The highest BCUT2D eigenvalue weighted by Gasteiger charge is 2.20. The van der Waals surface area contributed by atoms with Crippen LogP contribution < -0.4 is 9.80 Å². The lowest BCUT2D eigenvalue weighted by molar-refractivity contribution is 1.19. The molecule has 11 rings (SSSR count). The average molecular weight is 780 g/mol. The second-order valence-electron chi connectivity index (χ2n) is 15.4. The van der Waals surface area contributed by atoms with Crippen molar-refractivity contribution in [2.45, 2.75) is 0 Å². The summed E-state index contributed by atoms with van der Waals surface area (Å²) in [5, 5.41) is 4.86. The van der Waals surface area contributed by atoms with Crippen LogP contribution in [0.15, 0.2) is 249 Å². The van der Waals surface area contributed by atoms with Crippen LogP contribution in [0.5, 0.6) is 0 Å². The van der Waals surface area contributed by atoms with Gasteiger partial charge in [-0.15, -0.1) is 0 Å². The summed E-state index contributed by atoms with van der Waals surface area (Å²) in [5.74, 6) is 0. The lowest BCUT2D eigenvalue weighted by atomic mass is 9.98. The molecule has 1 aromatic heterocycles. The number of anilines is 6. The summed E-state index contributed by atoms with van der Waals surface area (Å²) in [4.78, 5) is 4.68. The van der Waals surface area contributed by atoms with E-state index in [9.17, 15) is 0 Å². The first kappa shape index (κ1) is 36.0. The van der Waals surface area contributed by atoms with Gasteiger partial charge in [-0.3, -0.25) is 0 Å². The van der Waals surface area contributed by atoms with Gasteiger partial charge in [-0.1, -0.05) is 146 Å². The van der Waals surface area contributed by atoms with Crippen LogP contribution in [-0.4, -0.2) is 4.57 Å². The van der Waals surface area contributed by atoms with E-state index >= 15 is 0 Å². The molecule has 0 unspecified atom stereocenters. The number of hydrogen-bond acceptors (Lipinski definition) is 2. The molecule has 0 aliphatic rings. The molecule has 0 N–H and O–H groups in total. The lowest BCUT2D eigenvalue weighted by Gasteiger charge is -2.27. The Bertz CT molecular complexity index is 3220. The van der Waals surface area contributed by atoms with Crippen LogP contribution in [0, 0.1) is 0 Å². The molecule has 0 bridgehead atoms. The predicted octanol–water partition coefficient (Wildman–Crippen LogP) is 16.2. The van der Waals surface area contributed by atoms with E-state index < -0.39 is 0 Å². The van der Waals surface area contributed by atoms with Gasteiger partial charge in [0.15, 0.2) is 0 Å². The third-order valence-corrected chi connectivity index (χ3v) is 11.7. The maximum Gasteiger partial charge on any atom is 0.0541 e. The van der Waals surface area contributed by atoms with Crippen molar-refractivity contribution in [3.05, 3.63) is 249 Å². The van der Waals surface area contributed by atoms with Gasteiger partial charge in [0.2, 0.25) is 0 Å². The molecule has 3 heteroatoms. The number of aromatic nitrogens is 1. The van der Waals surface area contributed by atoms with Crippen LogP contribution in [0.3, 0.4) is 0 Å². The van der Waals surface area contributed by atoms with Crippen LogP contribution in [0.25, 0.3) is 60.5 Å². The number of para-hydroxylation sites is 5. The van der Waals surface area contributed by atoms with Crippen LogP contribution >= 0.6 is 0 Å². The van der Waals surface area contributed by atoms with Crippen LogP contribution in [0.4, 0.5) is 34.1 Å². The Morgan fingerprint density at radius 3 is 1.38 bits per heavy atom. The molecule has 61 heavy (non-hydrogen) atoms. The molecule has 288 valence electrons. The highest BCUT2D eigenvalue weighted by Crippen LogP contribution is 2.44. The van der Waals surface area contributed by atoms with Crippen molar-refractivity contribution in [1.82, 2.24) is 4.57 Å². The largest absolute Gasteiger partial charge is 0.310 e. The van der Waals surface area contributed by atoms with Gasteiger partial charge in [-0.25, -0.2) is 0 Å². The monoisotopic (exact) mass is 779 g/mol. The second-order valence-corrected chi connectivity index (χ2v) is 15.4. The molecule has 1 heterocycles. The Balaban J connectivity index is 1.10. The molecule has 0 saturated carbocycles. The molecule has 11 aromatic rings. The first-order chi connectivity index (χ1) is 30.3. The molecule has 0 spiro atoms. The van der Waals surface area contributed by atoms with E-state index in [0.29, 0.717) is 0 Å². The van der Waals surface area contributed by atoms with Crippen molar-refractivity contribution in [3.63, 3.8) is 0 Å². The Morgan fingerprint density at radius 2 is 0.754 bits per heavy atom. The van der Waals surface area contributed by atoms with Crippen LogP contribution in [0.2, 0.25) is 0 Å². The Labute approximate surface area is 356 Å². The van der Waals surface area contributed by atoms with E-state index in [4.69, 9.17) is 0 Å². The van der Waals surface area contributed by atoms with Gasteiger partial charge in [-0.05, 0) is 131 Å². The SMILES string of the molecule is c1ccc(N(c2ccccc2)c2cccc(-c3ccc4c(c3)c3cc(-c5ccccc5N(c5ccccc5)c5ccccc5)ccc3n4-c3ccc4ccccc4c3)c2)cc1. The maximum atomic E-state index is 2.43. The molecule has 0 atom stereocenters. The predicted molar refractivity (Wildman–Crippen MR) is 259 cm³/mol. The van der Waals surface area contributed by atoms with E-state index in [2.05, 4.69) is 263 Å². The number of benzene rings is 10. The van der Waals surface area contributed by atoms with E-state index in [-0.39, 0.29) is 0 Å². The summed E-state index contributed by atoms with van der Waals surface area (Å²) in [6.07, 6.45) is 0. The first-order valence-corrected chi connectivity index (χ1v) is 20.8. The molecule has 0 aliphatic carbocycles. The van der Waals surface area contributed by atoms with Crippen molar-refractivity contribution in [2.24, 2.45) is 0 Å². The fourth-order valence-electron chi connectivity index (χ4n) is 8.88. The number of nitrogens with zero attached hydrogens (tertiary/aromatic N) is 3. The third kappa shape index (κ3) is 6.69. The second kappa shape index (κ2) is 15.6. The van der Waals surface area contributed by atoms with Crippen LogP contribution in [0.1, 0.15) is 0 Å². The van der Waals surface area contributed by atoms with E-state index in [1.807, 2.05) is 0 Å². The van der Waals surface area contributed by atoms with Gasteiger partial charge in [0.1, 0.15) is 0 Å². The fourth-order valence-corrected chi connectivity index (χ4v) is 8.88. The summed E-state index contributed by atoms with van der Waals surface area (Å²) in [6.45, 7) is 0. The molecular formula is C58H41N3. The number of hydrogen-bond donors (Lipinski definition) is 0. The minimum absolute atomic E-state index is 1.11. The van der Waals surface area contributed by atoms with Gasteiger partial charge >= 0.3 is 0 Å². The van der Waals surface area contributed by atoms with E-state index in [1.165, 1.54) is 32.6 Å². The highest BCUT2D eigenvalue weighted by atomic mass is 15.1. The summed E-state index contributed by atoms with van der Waals surface area (Å²) in [6, 6.07) is 89.6. The summed E-state index contributed by atoms with van der Waals surface area (Å²) < 4.78 is 2.43. The fraction of sp³-hybridized carbons (Fsp3) is 0.